The molecule has 1 saturated heterocycles. The number of ether oxygens (including phenoxy) is 1. The molecule has 1 aromatic heterocycles. The largest absolute Gasteiger partial charge is 0.476 e. The van der Waals surface area contributed by atoms with E-state index >= 15 is 0 Å². The summed E-state index contributed by atoms with van der Waals surface area (Å²) in [6, 6.07) is 4.49. The number of carbonyl (C=O) groups excluding carboxylic acids is 2. The van der Waals surface area contributed by atoms with Crippen LogP contribution in [0.2, 0.25) is 0 Å². The van der Waals surface area contributed by atoms with Crippen LogP contribution in [-0.2, 0) is 17.1 Å². The van der Waals surface area contributed by atoms with Gasteiger partial charge in [-0.2, -0.15) is 26.3 Å². The Balaban J connectivity index is 1.99. The van der Waals surface area contributed by atoms with Gasteiger partial charge in [0.25, 0.3) is 11.8 Å². The lowest BCUT2D eigenvalue weighted by molar-refractivity contribution is -0.152. The molecule has 0 bridgehead atoms. The zero-order valence-corrected chi connectivity index (χ0v) is 21.8. The summed E-state index contributed by atoms with van der Waals surface area (Å²) in [6.45, 7) is 2.49. The van der Waals surface area contributed by atoms with Crippen molar-refractivity contribution in [1.82, 2.24) is 19.7 Å². The van der Waals surface area contributed by atoms with Crippen molar-refractivity contribution in [3.8, 4) is 5.75 Å². The van der Waals surface area contributed by atoms with E-state index in [1.165, 1.54) is 4.90 Å². The maximum atomic E-state index is 13.9. The third kappa shape index (κ3) is 7.20. The highest BCUT2D eigenvalue weighted by atomic mass is 19.4. The van der Waals surface area contributed by atoms with Gasteiger partial charge in [-0.05, 0) is 64.2 Å². The molecule has 214 valence electrons. The molecule has 13 heteroatoms. The fourth-order valence-corrected chi connectivity index (χ4v) is 4.43. The first-order valence-corrected chi connectivity index (χ1v) is 12.3. The predicted molar refractivity (Wildman–Crippen MR) is 130 cm³/mol. The Kier molecular flexibility index (Phi) is 9.14. The SMILES string of the molecule is CCN(CCN(C)C)C(=O)C1(Oc2ccc(C(F)(F)F)cc2)CCCN(C(=O)c2cnccc2C(F)(F)F)C1. The maximum Gasteiger partial charge on any atom is 0.417 e. The molecule has 2 heterocycles. The van der Waals surface area contributed by atoms with Crippen molar-refractivity contribution in [2.24, 2.45) is 0 Å². The molecule has 3 rings (SSSR count). The molecule has 1 aromatic carbocycles. The minimum absolute atomic E-state index is 0.0355. The number of hydrogen-bond donors (Lipinski definition) is 0. The topological polar surface area (TPSA) is 66.0 Å². The number of benzene rings is 1. The number of halogens is 6. The predicted octanol–water partition coefficient (Wildman–Crippen LogP) is 4.58. The average Bonchev–Trinajstić information content (AvgIpc) is 2.87. The van der Waals surface area contributed by atoms with Crippen molar-refractivity contribution in [3.63, 3.8) is 0 Å². The molecule has 0 aliphatic carbocycles. The molecule has 1 atom stereocenters. The zero-order valence-electron chi connectivity index (χ0n) is 21.8. The number of piperidine rings is 1. The highest BCUT2D eigenvalue weighted by molar-refractivity contribution is 5.96. The van der Waals surface area contributed by atoms with E-state index in [1.54, 1.807) is 6.92 Å². The highest BCUT2D eigenvalue weighted by Gasteiger charge is 2.49. The lowest BCUT2D eigenvalue weighted by Crippen LogP contribution is -2.62. The summed E-state index contributed by atoms with van der Waals surface area (Å²) in [7, 11) is 3.64. The van der Waals surface area contributed by atoms with Crippen LogP contribution in [0.1, 0.15) is 41.3 Å². The van der Waals surface area contributed by atoms with E-state index in [4.69, 9.17) is 4.74 Å². The summed E-state index contributed by atoms with van der Waals surface area (Å²) in [6.07, 6.45) is -7.31. The van der Waals surface area contributed by atoms with Crippen molar-refractivity contribution < 1.29 is 40.7 Å². The molecule has 2 amide bonds. The standard InChI is InChI=1S/C26H30F6N4O3/c1-4-35(15-14-34(2)3)23(38)24(39-19-8-6-18(7-9-19)25(27,28)29)11-5-13-36(17-24)22(37)20-16-33-12-10-21(20)26(30,31)32/h6-10,12,16H,4-5,11,13-15,17H2,1-3H3. The molecule has 39 heavy (non-hydrogen) atoms. The molecular weight excluding hydrogens is 530 g/mol. The van der Waals surface area contributed by atoms with E-state index in [1.807, 2.05) is 19.0 Å². The van der Waals surface area contributed by atoms with Crippen LogP contribution in [0.3, 0.4) is 0 Å². The number of likely N-dealkylation sites (N-methyl/N-ethyl adjacent to an activating group) is 2. The third-order valence-electron chi connectivity index (χ3n) is 6.47. The molecule has 7 nitrogen and oxygen atoms in total. The third-order valence-corrected chi connectivity index (χ3v) is 6.47. The van der Waals surface area contributed by atoms with Crippen LogP contribution in [0, 0.1) is 0 Å². The lowest BCUT2D eigenvalue weighted by Gasteiger charge is -2.44. The van der Waals surface area contributed by atoms with Crippen molar-refractivity contribution in [3.05, 3.63) is 59.4 Å². The number of likely N-dealkylation sites (tertiary alicyclic amines) is 1. The zero-order chi connectivity index (χ0) is 29.0. The first kappa shape index (κ1) is 30.2. The number of nitrogens with zero attached hydrogens (tertiary/aromatic N) is 4. The summed E-state index contributed by atoms with van der Waals surface area (Å²) in [4.78, 5) is 35.4. The van der Waals surface area contributed by atoms with Gasteiger partial charge in [-0.1, -0.05) is 0 Å². The Morgan fingerprint density at radius 1 is 1.03 bits per heavy atom. The smallest absolute Gasteiger partial charge is 0.417 e. The van der Waals surface area contributed by atoms with Gasteiger partial charge in [0, 0.05) is 38.6 Å². The van der Waals surface area contributed by atoms with Gasteiger partial charge >= 0.3 is 12.4 Å². The lowest BCUT2D eigenvalue weighted by atomic mass is 9.89. The summed E-state index contributed by atoms with van der Waals surface area (Å²) >= 11 is 0. The summed E-state index contributed by atoms with van der Waals surface area (Å²) < 4.78 is 86.1. The Labute approximate surface area is 222 Å². The Morgan fingerprint density at radius 2 is 1.69 bits per heavy atom. The first-order valence-electron chi connectivity index (χ1n) is 12.3. The number of pyridine rings is 1. The number of carbonyl (C=O) groups is 2. The molecule has 1 aliphatic heterocycles. The van der Waals surface area contributed by atoms with Crippen molar-refractivity contribution in [2.75, 3.05) is 46.8 Å². The van der Waals surface area contributed by atoms with Gasteiger partial charge in [0.1, 0.15) is 5.75 Å². The van der Waals surface area contributed by atoms with Crippen LogP contribution in [0.15, 0.2) is 42.7 Å². The normalized spacial score (nSPS) is 18.3. The van der Waals surface area contributed by atoms with Crippen molar-refractivity contribution in [1.29, 1.82) is 0 Å². The van der Waals surface area contributed by atoms with Crippen LogP contribution in [0.5, 0.6) is 5.75 Å². The quantitative estimate of drug-likeness (QED) is 0.443. The molecule has 0 N–H and O–H groups in total. The number of amides is 2. The van der Waals surface area contributed by atoms with E-state index in [9.17, 15) is 35.9 Å². The van der Waals surface area contributed by atoms with Crippen molar-refractivity contribution in [2.45, 2.75) is 37.7 Å². The maximum absolute atomic E-state index is 13.9. The molecule has 1 aliphatic rings. The van der Waals surface area contributed by atoms with Gasteiger partial charge in [-0.3, -0.25) is 14.6 Å². The summed E-state index contributed by atoms with van der Waals surface area (Å²) in [5.74, 6) is -1.52. The molecule has 2 aromatic rings. The number of hydrogen-bond acceptors (Lipinski definition) is 5. The Bertz CT molecular complexity index is 1150. The van der Waals surface area contributed by atoms with Crippen LogP contribution < -0.4 is 4.74 Å². The second-order valence-corrected chi connectivity index (χ2v) is 9.56. The van der Waals surface area contributed by atoms with Crippen molar-refractivity contribution >= 4 is 11.8 Å². The van der Waals surface area contributed by atoms with Crippen LogP contribution in [0.25, 0.3) is 0 Å². The van der Waals surface area contributed by atoms with Crippen LogP contribution in [-0.4, -0.2) is 83.9 Å². The van der Waals surface area contributed by atoms with Crippen LogP contribution in [0.4, 0.5) is 26.3 Å². The van der Waals surface area contributed by atoms with Gasteiger partial charge in [0.05, 0.1) is 23.2 Å². The van der Waals surface area contributed by atoms with E-state index in [2.05, 4.69) is 4.98 Å². The average molecular weight is 561 g/mol. The Morgan fingerprint density at radius 3 is 2.26 bits per heavy atom. The molecule has 0 saturated carbocycles. The van der Waals surface area contributed by atoms with Gasteiger partial charge < -0.3 is 19.4 Å². The van der Waals surface area contributed by atoms with Gasteiger partial charge in [0.15, 0.2) is 0 Å². The number of aromatic nitrogens is 1. The molecule has 1 unspecified atom stereocenters. The monoisotopic (exact) mass is 560 g/mol. The van der Waals surface area contributed by atoms with Gasteiger partial charge in [-0.15, -0.1) is 0 Å². The molecule has 0 radical (unpaired) electrons. The number of rotatable bonds is 8. The summed E-state index contributed by atoms with van der Waals surface area (Å²) in [5, 5.41) is 0. The molecule has 1 fully saturated rings. The van der Waals surface area contributed by atoms with E-state index < -0.39 is 53.0 Å². The first-order chi connectivity index (χ1) is 18.2. The van der Waals surface area contributed by atoms with Crippen LogP contribution >= 0.6 is 0 Å². The summed E-state index contributed by atoms with van der Waals surface area (Å²) in [5.41, 5.74) is -4.46. The Hall–Kier alpha value is -3.35. The molecular formula is C26H30F6N4O3. The highest BCUT2D eigenvalue weighted by Crippen LogP contribution is 2.36. The molecule has 0 spiro atoms. The fraction of sp³-hybridized carbons (Fsp3) is 0.500. The van der Waals surface area contributed by atoms with Gasteiger partial charge in [0.2, 0.25) is 5.60 Å². The van der Waals surface area contributed by atoms with Gasteiger partial charge in [-0.25, -0.2) is 0 Å². The second kappa shape index (κ2) is 11.8. The minimum atomic E-state index is -4.81. The fourth-order valence-electron chi connectivity index (χ4n) is 4.43. The second-order valence-electron chi connectivity index (χ2n) is 9.56. The van der Waals surface area contributed by atoms with E-state index in [0.29, 0.717) is 19.2 Å². The van der Waals surface area contributed by atoms with E-state index in [0.717, 1.165) is 41.6 Å². The number of alkyl halides is 6. The van der Waals surface area contributed by atoms with E-state index in [-0.39, 0.29) is 31.7 Å². The minimum Gasteiger partial charge on any atom is -0.476 e.